The first-order valence-corrected chi connectivity index (χ1v) is 27.9. The molecule has 77 heavy (non-hydrogen) atoms. The smallest absolute Gasteiger partial charge is 0.410 e. The molecule has 16 heteroatoms. The van der Waals surface area contributed by atoms with E-state index >= 15 is 0 Å². The molecule has 5 fully saturated rings. The van der Waals surface area contributed by atoms with Crippen LogP contribution in [-0.2, 0) is 18.9 Å². The molecule has 7 heterocycles. The van der Waals surface area contributed by atoms with Gasteiger partial charge in [-0.15, -0.1) is 0 Å². The summed E-state index contributed by atoms with van der Waals surface area (Å²) in [6, 6.07) is 36.5. The van der Waals surface area contributed by atoms with E-state index in [1.807, 2.05) is 57.8 Å². The molecule has 0 radical (unpaired) electrons. The van der Waals surface area contributed by atoms with Crippen LogP contribution in [0.15, 0.2) is 128 Å². The number of piperazine rings is 2. The maximum absolute atomic E-state index is 12.9. The van der Waals surface area contributed by atoms with Crippen molar-refractivity contribution in [2.45, 2.75) is 94.5 Å². The Morgan fingerprint density at radius 3 is 1.44 bits per heavy atom. The lowest BCUT2D eigenvalue weighted by Crippen LogP contribution is -2.50. The molecule has 0 atom stereocenters. The summed E-state index contributed by atoms with van der Waals surface area (Å²) >= 11 is 0. The SMILES string of the molecule is O=C(OC(CO)CO)N1CCN(c2ccnn3cc(-c4ccc(C5CCCCC5)cc4)cc23)CC1.O=C(OC1COC(c2ccccc2)OC1)N1CCN(c2ccnn3cc(-c4ccc(C5CCCCC5)cc4)cc23)CC1. The van der Waals surface area contributed by atoms with Crippen LogP contribution in [0.25, 0.3) is 33.3 Å². The molecule has 2 saturated carbocycles. The third-order valence-electron chi connectivity index (χ3n) is 16.3. The summed E-state index contributed by atoms with van der Waals surface area (Å²) in [7, 11) is 0. The highest BCUT2D eigenvalue weighted by atomic mass is 16.7. The molecule has 3 aromatic carbocycles. The molecule has 2 N–H and O–H groups in total. The Morgan fingerprint density at radius 2 is 0.987 bits per heavy atom. The number of hydrogen-bond acceptors (Lipinski definition) is 12. The van der Waals surface area contributed by atoms with Gasteiger partial charge >= 0.3 is 12.2 Å². The number of amides is 2. The van der Waals surface area contributed by atoms with Gasteiger partial charge in [0.05, 0.1) is 48.8 Å². The fourth-order valence-electron chi connectivity index (χ4n) is 11.8. The average Bonchev–Trinajstić information content (AvgIpc) is 4.18. The number of carbonyl (C=O) groups excluding carboxylic acids is 2. The van der Waals surface area contributed by atoms with E-state index in [4.69, 9.17) is 29.2 Å². The number of aliphatic hydroxyl groups excluding tert-OH is 2. The minimum atomic E-state index is -0.878. The lowest BCUT2D eigenvalue weighted by Gasteiger charge is -2.37. The van der Waals surface area contributed by atoms with Gasteiger partial charge in [0.1, 0.15) is 6.10 Å². The Hall–Kier alpha value is -6.98. The van der Waals surface area contributed by atoms with Crippen LogP contribution >= 0.6 is 0 Å². The third kappa shape index (κ3) is 12.3. The van der Waals surface area contributed by atoms with E-state index in [1.54, 1.807) is 9.80 Å². The van der Waals surface area contributed by atoms with E-state index < -0.39 is 37.8 Å². The normalized spacial score (nSPS) is 19.8. The predicted molar refractivity (Wildman–Crippen MR) is 296 cm³/mol. The van der Waals surface area contributed by atoms with Crippen molar-refractivity contribution in [1.29, 1.82) is 0 Å². The first kappa shape index (κ1) is 52.1. The van der Waals surface area contributed by atoms with E-state index in [-0.39, 0.29) is 6.09 Å². The number of rotatable bonds is 11. The van der Waals surface area contributed by atoms with Crippen molar-refractivity contribution >= 4 is 34.6 Å². The summed E-state index contributed by atoms with van der Waals surface area (Å²) in [4.78, 5) is 33.2. The van der Waals surface area contributed by atoms with Crippen molar-refractivity contribution in [3.63, 3.8) is 0 Å². The van der Waals surface area contributed by atoms with E-state index in [9.17, 15) is 9.59 Å². The summed E-state index contributed by atoms with van der Waals surface area (Å²) < 4.78 is 26.4. The number of anilines is 2. The summed E-state index contributed by atoms with van der Waals surface area (Å²) in [5.41, 5.74) is 12.9. The van der Waals surface area contributed by atoms with Crippen LogP contribution in [0.1, 0.15) is 99.0 Å². The fraction of sp³-hybridized carbons (Fsp3) is 0.443. The zero-order chi connectivity index (χ0) is 52.5. The molecule has 7 aromatic rings. The monoisotopic (exact) mass is 1040 g/mol. The van der Waals surface area contributed by atoms with E-state index in [1.165, 1.54) is 92.0 Å². The van der Waals surface area contributed by atoms with Crippen molar-refractivity contribution in [3.8, 4) is 22.3 Å². The molecule has 4 aromatic heterocycles. The van der Waals surface area contributed by atoms with E-state index in [0.29, 0.717) is 64.3 Å². The molecule has 2 aliphatic carbocycles. The molecule has 5 aliphatic rings. The number of ether oxygens (including phenoxy) is 4. The number of fused-ring (bicyclic) bond motifs is 2. The van der Waals surface area contributed by atoms with Crippen molar-refractivity contribution < 1.29 is 38.7 Å². The lowest BCUT2D eigenvalue weighted by atomic mass is 9.84. The molecule has 0 bridgehead atoms. The van der Waals surface area contributed by atoms with E-state index in [2.05, 4.69) is 99.1 Å². The Kier molecular flexibility index (Phi) is 16.6. The highest BCUT2D eigenvalue weighted by molar-refractivity contribution is 5.81. The second-order valence-corrected chi connectivity index (χ2v) is 21.2. The molecular weight excluding hydrogens is 973 g/mol. The first-order chi connectivity index (χ1) is 37.9. The van der Waals surface area contributed by atoms with Gasteiger partial charge in [-0.2, -0.15) is 10.2 Å². The van der Waals surface area contributed by atoms with Crippen LogP contribution in [0.4, 0.5) is 21.0 Å². The topological polar surface area (TPSA) is 159 Å². The van der Waals surface area contributed by atoms with Gasteiger partial charge in [0.2, 0.25) is 0 Å². The molecule has 3 aliphatic heterocycles. The van der Waals surface area contributed by atoms with Gasteiger partial charge in [0.15, 0.2) is 12.4 Å². The molecular formula is C61H72N8O8. The summed E-state index contributed by atoms with van der Waals surface area (Å²) in [5, 5.41) is 27.4. The Balaban J connectivity index is 0.000000167. The maximum atomic E-state index is 12.9. The Morgan fingerprint density at radius 1 is 0.532 bits per heavy atom. The largest absolute Gasteiger partial charge is 0.441 e. The number of hydrogen-bond donors (Lipinski definition) is 2. The van der Waals surface area contributed by atoms with Crippen LogP contribution < -0.4 is 9.80 Å². The number of carbonyl (C=O) groups is 2. The van der Waals surface area contributed by atoms with Crippen LogP contribution in [0.3, 0.4) is 0 Å². The minimum Gasteiger partial charge on any atom is -0.441 e. The van der Waals surface area contributed by atoms with Crippen LogP contribution in [0.5, 0.6) is 0 Å². The zero-order valence-electron chi connectivity index (χ0n) is 44.0. The third-order valence-corrected chi connectivity index (χ3v) is 16.3. The fourth-order valence-corrected chi connectivity index (χ4v) is 11.8. The standard InChI is InChI=1S/C34H38N4O4.C27H34N4O4/c39-34(42-30-23-40-33(41-24-30)28-9-5-2-6-10-28)37-19-17-36(18-20-37)31-15-16-35-38-22-29(21-32(31)38)27-13-11-26(12-14-27)25-7-3-1-4-8-25;32-18-24(19-33)35-27(34)30-14-12-29(13-15-30)25-10-11-28-31-17-23(16-26(25)31)22-8-6-21(7-9-22)20-4-2-1-3-5-20/h2,5-6,9-16,21-22,25,30,33H,1,3-4,7-8,17-20,23-24H2;6-11,16-17,20,24,32-33H,1-5,12-15,18-19H2. The molecule has 16 nitrogen and oxygen atoms in total. The summed E-state index contributed by atoms with van der Waals surface area (Å²) in [5.74, 6) is 1.41. The van der Waals surface area contributed by atoms with Gasteiger partial charge in [0.25, 0.3) is 0 Å². The van der Waals surface area contributed by atoms with Gasteiger partial charge < -0.3 is 48.8 Å². The molecule has 404 valence electrons. The Labute approximate surface area is 450 Å². The van der Waals surface area contributed by atoms with Gasteiger partial charge in [-0.1, -0.05) is 117 Å². The molecule has 0 unspecified atom stereocenters. The summed E-state index contributed by atoms with van der Waals surface area (Å²) in [6.07, 6.45) is 18.7. The highest BCUT2D eigenvalue weighted by Crippen LogP contribution is 2.37. The first-order valence-electron chi connectivity index (χ1n) is 27.9. The lowest BCUT2D eigenvalue weighted by molar-refractivity contribution is -0.221. The van der Waals surface area contributed by atoms with Crippen LogP contribution in [0.2, 0.25) is 0 Å². The Bertz CT molecular complexity index is 3020. The van der Waals surface area contributed by atoms with Crippen molar-refractivity contribution in [2.75, 3.05) is 88.6 Å². The number of nitrogens with zero attached hydrogens (tertiary/aromatic N) is 8. The maximum Gasteiger partial charge on any atom is 0.410 e. The van der Waals surface area contributed by atoms with Gasteiger partial charge in [-0.3, -0.25) is 0 Å². The van der Waals surface area contributed by atoms with Gasteiger partial charge in [-0.25, -0.2) is 18.6 Å². The van der Waals surface area contributed by atoms with Gasteiger partial charge in [-0.05, 0) is 84.0 Å². The van der Waals surface area contributed by atoms with Crippen LogP contribution in [0, 0.1) is 0 Å². The zero-order valence-corrected chi connectivity index (χ0v) is 44.0. The summed E-state index contributed by atoms with van der Waals surface area (Å²) in [6.45, 7) is 4.81. The second kappa shape index (κ2) is 24.6. The van der Waals surface area contributed by atoms with Crippen molar-refractivity contribution in [1.82, 2.24) is 29.0 Å². The second-order valence-electron chi connectivity index (χ2n) is 21.2. The minimum absolute atomic E-state index is 0.313. The van der Waals surface area contributed by atoms with Crippen molar-refractivity contribution in [3.05, 3.63) is 145 Å². The van der Waals surface area contributed by atoms with E-state index in [0.717, 1.165) is 46.6 Å². The highest BCUT2D eigenvalue weighted by Gasteiger charge is 2.31. The molecule has 2 amide bonds. The predicted octanol–water partition coefficient (Wildman–Crippen LogP) is 10.1. The quantitative estimate of drug-likeness (QED) is 0.127. The molecule has 3 saturated heterocycles. The van der Waals surface area contributed by atoms with Gasteiger partial charge in [0, 0.05) is 93.8 Å². The number of aliphatic hydroxyl groups is 2. The molecule has 0 spiro atoms. The average molecular weight is 1050 g/mol. The molecule has 12 rings (SSSR count). The number of aromatic nitrogens is 4. The van der Waals surface area contributed by atoms with Crippen molar-refractivity contribution in [2.24, 2.45) is 0 Å². The van der Waals surface area contributed by atoms with Crippen LogP contribution in [-0.4, -0.2) is 142 Å². The number of benzene rings is 3.